The van der Waals surface area contributed by atoms with Crippen molar-refractivity contribution in [1.29, 1.82) is 0 Å². The summed E-state index contributed by atoms with van der Waals surface area (Å²) in [5.41, 5.74) is 2.49. The number of carbonyl (C=O) groups excluding carboxylic acids is 2. The van der Waals surface area contributed by atoms with Gasteiger partial charge in [0.15, 0.2) is 0 Å². The molecule has 0 aliphatic carbocycles. The van der Waals surface area contributed by atoms with E-state index in [1.807, 2.05) is 30.3 Å². The molecule has 1 atom stereocenters. The smallest absolute Gasteiger partial charge is 0.223 e. The van der Waals surface area contributed by atoms with Crippen LogP contribution in [0.3, 0.4) is 0 Å². The van der Waals surface area contributed by atoms with Crippen molar-refractivity contribution >= 4 is 11.8 Å². The molecule has 31 heavy (non-hydrogen) atoms. The molecule has 2 amide bonds. The van der Waals surface area contributed by atoms with Gasteiger partial charge in [-0.1, -0.05) is 30.3 Å². The summed E-state index contributed by atoms with van der Waals surface area (Å²) >= 11 is 0. The summed E-state index contributed by atoms with van der Waals surface area (Å²) in [6.07, 6.45) is 8.46. The first-order valence-corrected chi connectivity index (χ1v) is 11.4. The van der Waals surface area contributed by atoms with Crippen LogP contribution in [0.1, 0.15) is 43.2 Å². The van der Waals surface area contributed by atoms with E-state index in [4.69, 9.17) is 0 Å². The van der Waals surface area contributed by atoms with E-state index < -0.39 is 0 Å². The fourth-order valence-corrected chi connectivity index (χ4v) is 4.01. The Morgan fingerprint density at radius 2 is 1.87 bits per heavy atom. The van der Waals surface area contributed by atoms with Gasteiger partial charge in [0.05, 0.1) is 0 Å². The van der Waals surface area contributed by atoms with Gasteiger partial charge in [-0.3, -0.25) is 19.5 Å². The zero-order chi connectivity index (χ0) is 21.7. The van der Waals surface area contributed by atoms with Gasteiger partial charge in [-0.15, -0.1) is 0 Å². The minimum absolute atomic E-state index is 0.0575. The highest BCUT2D eigenvalue weighted by molar-refractivity contribution is 5.79. The summed E-state index contributed by atoms with van der Waals surface area (Å²) in [7, 11) is 0. The summed E-state index contributed by atoms with van der Waals surface area (Å²) in [4.78, 5) is 31.3. The highest BCUT2D eigenvalue weighted by Gasteiger charge is 2.20. The molecule has 1 aliphatic rings. The highest BCUT2D eigenvalue weighted by Crippen LogP contribution is 2.15. The molecule has 1 aliphatic heterocycles. The maximum Gasteiger partial charge on any atom is 0.223 e. The number of pyridine rings is 1. The van der Waals surface area contributed by atoms with E-state index in [0.29, 0.717) is 25.9 Å². The fourth-order valence-electron chi connectivity index (χ4n) is 4.01. The van der Waals surface area contributed by atoms with Gasteiger partial charge in [-0.25, -0.2) is 0 Å². The third-order valence-corrected chi connectivity index (χ3v) is 5.81. The normalized spacial score (nSPS) is 18.6. The fraction of sp³-hybridized carbons (Fsp3) is 0.480. The Morgan fingerprint density at radius 3 is 2.68 bits per heavy atom. The lowest BCUT2D eigenvalue weighted by atomic mass is 9.98. The Kier molecular flexibility index (Phi) is 9.51. The zero-order valence-electron chi connectivity index (χ0n) is 18.3. The Hall–Kier alpha value is -2.73. The van der Waals surface area contributed by atoms with Crippen LogP contribution in [-0.4, -0.2) is 47.9 Å². The van der Waals surface area contributed by atoms with Gasteiger partial charge in [-0.05, 0) is 61.9 Å². The number of amides is 2. The van der Waals surface area contributed by atoms with Crippen molar-refractivity contribution in [3.8, 4) is 0 Å². The molecule has 0 spiro atoms. The third kappa shape index (κ3) is 8.50. The lowest BCUT2D eigenvalue weighted by Crippen LogP contribution is -2.34. The number of carbonyl (C=O) groups is 2. The maximum atomic E-state index is 12.8. The topological polar surface area (TPSA) is 74.3 Å². The number of hydrogen-bond donors (Lipinski definition) is 2. The summed E-state index contributed by atoms with van der Waals surface area (Å²) in [5, 5.41) is 6.10. The van der Waals surface area contributed by atoms with Crippen LogP contribution >= 0.6 is 0 Å². The molecule has 0 bridgehead atoms. The second kappa shape index (κ2) is 12.8. The minimum Gasteiger partial charge on any atom is -0.356 e. The average molecular weight is 423 g/mol. The van der Waals surface area contributed by atoms with Gasteiger partial charge in [0.2, 0.25) is 11.8 Å². The van der Waals surface area contributed by atoms with Crippen LogP contribution in [0.2, 0.25) is 0 Å². The van der Waals surface area contributed by atoms with Crippen LogP contribution in [0.15, 0.2) is 54.9 Å². The van der Waals surface area contributed by atoms with Crippen LogP contribution in [0, 0.1) is 5.92 Å². The molecular formula is C25H34N4O2. The van der Waals surface area contributed by atoms with Gasteiger partial charge in [0.25, 0.3) is 0 Å². The molecular weight excluding hydrogens is 388 g/mol. The minimum atomic E-state index is -0.0575. The van der Waals surface area contributed by atoms with Gasteiger partial charge in [0.1, 0.15) is 0 Å². The number of nitrogens with one attached hydrogen (secondary N) is 2. The molecule has 6 nitrogen and oxygen atoms in total. The van der Waals surface area contributed by atoms with Gasteiger partial charge < -0.3 is 10.6 Å². The number of rotatable bonds is 7. The highest BCUT2D eigenvalue weighted by atomic mass is 16.2. The van der Waals surface area contributed by atoms with Crippen molar-refractivity contribution in [2.45, 2.75) is 45.1 Å². The predicted octanol–water partition coefficient (Wildman–Crippen LogP) is 2.94. The van der Waals surface area contributed by atoms with Crippen molar-refractivity contribution in [1.82, 2.24) is 20.5 Å². The largest absolute Gasteiger partial charge is 0.356 e. The van der Waals surface area contributed by atoms with Crippen LogP contribution in [0.4, 0.5) is 0 Å². The second-order valence-electron chi connectivity index (χ2n) is 8.24. The van der Waals surface area contributed by atoms with Crippen LogP contribution in [0.5, 0.6) is 0 Å². The molecule has 0 radical (unpaired) electrons. The molecule has 2 heterocycles. The Bertz CT molecular complexity index is 798. The zero-order valence-corrected chi connectivity index (χ0v) is 18.3. The van der Waals surface area contributed by atoms with Crippen LogP contribution in [0.25, 0.3) is 0 Å². The van der Waals surface area contributed by atoms with Crippen LogP contribution in [-0.2, 0) is 22.6 Å². The maximum absolute atomic E-state index is 12.8. The van der Waals surface area contributed by atoms with Crippen molar-refractivity contribution < 1.29 is 9.59 Å². The molecule has 166 valence electrons. The van der Waals surface area contributed by atoms with E-state index >= 15 is 0 Å². The summed E-state index contributed by atoms with van der Waals surface area (Å²) in [6, 6.07) is 14.4. The number of aromatic nitrogens is 1. The Morgan fingerprint density at radius 1 is 1.06 bits per heavy atom. The summed E-state index contributed by atoms with van der Waals surface area (Å²) in [5.74, 6) is 0.115. The second-order valence-corrected chi connectivity index (χ2v) is 8.24. The molecule has 0 saturated carbocycles. The molecule has 1 unspecified atom stereocenters. The number of hydrogen-bond acceptors (Lipinski definition) is 4. The number of aryl methyl sites for hydroxylation is 1. The Labute approximate surface area is 185 Å². The van der Waals surface area contributed by atoms with Gasteiger partial charge in [0, 0.05) is 50.9 Å². The van der Waals surface area contributed by atoms with E-state index in [0.717, 1.165) is 45.3 Å². The molecule has 1 aromatic heterocycles. The number of benzene rings is 1. The Balaban J connectivity index is 1.47. The molecule has 2 N–H and O–H groups in total. The van der Waals surface area contributed by atoms with E-state index in [1.54, 1.807) is 12.4 Å². The van der Waals surface area contributed by atoms with E-state index in [9.17, 15) is 9.59 Å². The van der Waals surface area contributed by atoms with Gasteiger partial charge >= 0.3 is 0 Å². The summed E-state index contributed by atoms with van der Waals surface area (Å²) < 4.78 is 0. The first-order valence-electron chi connectivity index (χ1n) is 11.4. The molecule has 6 heteroatoms. The van der Waals surface area contributed by atoms with E-state index in [2.05, 4.69) is 32.7 Å². The van der Waals surface area contributed by atoms with E-state index in [1.165, 1.54) is 11.1 Å². The molecule has 1 saturated heterocycles. The monoisotopic (exact) mass is 422 g/mol. The SMILES string of the molecule is O=C1CCN(Cc2ccncc2)CCCC(C(=O)NCCCc2ccccc2)CCN1. The molecule has 1 fully saturated rings. The van der Waals surface area contributed by atoms with Gasteiger partial charge in [-0.2, -0.15) is 0 Å². The lowest BCUT2D eigenvalue weighted by Gasteiger charge is -2.22. The molecule has 3 rings (SSSR count). The summed E-state index contributed by atoms with van der Waals surface area (Å²) in [6.45, 7) is 3.65. The van der Waals surface area contributed by atoms with Crippen LogP contribution < -0.4 is 10.6 Å². The quantitative estimate of drug-likeness (QED) is 0.673. The first kappa shape index (κ1) is 22.9. The van der Waals surface area contributed by atoms with Crippen molar-refractivity contribution in [3.63, 3.8) is 0 Å². The standard InChI is InChI=1S/C25H34N4O2/c30-24-13-19-29(20-22-10-15-26-16-11-22)18-5-9-23(12-17-27-24)25(31)28-14-4-8-21-6-2-1-3-7-21/h1-3,6-7,10-11,15-16,23H,4-5,8-9,12-14,17-20H2,(H,27,30)(H,28,31). The lowest BCUT2D eigenvalue weighted by molar-refractivity contribution is -0.126. The van der Waals surface area contributed by atoms with Crippen molar-refractivity contribution in [3.05, 3.63) is 66.0 Å². The number of nitrogens with zero attached hydrogens (tertiary/aromatic N) is 2. The molecule has 2 aromatic rings. The van der Waals surface area contributed by atoms with Crippen molar-refractivity contribution in [2.24, 2.45) is 5.92 Å². The average Bonchev–Trinajstić information content (AvgIpc) is 2.83. The molecule has 1 aromatic carbocycles. The van der Waals surface area contributed by atoms with E-state index in [-0.39, 0.29) is 17.7 Å². The van der Waals surface area contributed by atoms with Crippen molar-refractivity contribution in [2.75, 3.05) is 26.2 Å². The third-order valence-electron chi connectivity index (χ3n) is 5.81. The predicted molar refractivity (Wildman–Crippen MR) is 122 cm³/mol. The first-order chi connectivity index (χ1) is 15.2.